The summed E-state index contributed by atoms with van der Waals surface area (Å²) in [5.41, 5.74) is 6.07. The number of para-hydroxylation sites is 1. The molecule has 0 heterocycles. The summed E-state index contributed by atoms with van der Waals surface area (Å²) in [6, 6.07) is 40.3. The van der Waals surface area contributed by atoms with Crippen molar-refractivity contribution in [2.24, 2.45) is 0 Å². The van der Waals surface area contributed by atoms with Crippen LogP contribution in [0.25, 0.3) is 0 Å². The van der Waals surface area contributed by atoms with E-state index in [1.165, 1.54) is 22.5 Å². The molecule has 28 heavy (non-hydrogen) atoms. The molecule has 0 fully saturated rings. The van der Waals surface area contributed by atoms with Crippen molar-refractivity contribution in [1.29, 1.82) is 0 Å². The quantitative estimate of drug-likeness (QED) is 0.395. The molecule has 4 aromatic carbocycles. The Labute approximate surface area is 167 Å². The van der Waals surface area contributed by atoms with Gasteiger partial charge in [-0.1, -0.05) is 78.9 Å². The Bertz CT molecular complexity index is 965. The molecule has 0 aliphatic heterocycles. The predicted molar refractivity (Wildman–Crippen MR) is 119 cm³/mol. The van der Waals surface area contributed by atoms with Gasteiger partial charge in [-0.15, -0.1) is 0 Å². The molecule has 0 atom stereocenters. The van der Waals surface area contributed by atoms with E-state index in [2.05, 4.69) is 119 Å². The maximum atomic E-state index is 3.50. The standard InChI is InChI=1S/C26H24N2/c1-4-10-22(11-5-1)20-27-24-16-18-26(19-17-24)28(25-14-8-3-9-15-25)21-23-12-6-2-7-13-23/h1-19,27H,20-21H2. The zero-order valence-electron chi connectivity index (χ0n) is 15.8. The molecular formula is C26H24N2. The molecule has 0 aliphatic rings. The van der Waals surface area contributed by atoms with Crippen molar-refractivity contribution in [3.05, 3.63) is 126 Å². The lowest BCUT2D eigenvalue weighted by Crippen LogP contribution is -2.16. The number of benzene rings is 4. The van der Waals surface area contributed by atoms with Gasteiger partial charge in [0.15, 0.2) is 0 Å². The van der Waals surface area contributed by atoms with Gasteiger partial charge in [0.1, 0.15) is 0 Å². The first-order valence-corrected chi connectivity index (χ1v) is 9.63. The van der Waals surface area contributed by atoms with Crippen LogP contribution in [0.2, 0.25) is 0 Å². The minimum atomic E-state index is 0.826. The highest BCUT2D eigenvalue weighted by Gasteiger charge is 2.10. The third kappa shape index (κ3) is 4.60. The van der Waals surface area contributed by atoms with Crippen LogP contribution in [0.3, 0.4) is 0 Å². The van der Waals surface area contributed by atoms with Crippen molar-refractivity contribution in [3.8, 4) is 0 Å². The molecular weight excluding hydrogens is 340 g/mol. The SMILES string of the molecule is c1ccc(CNc2ccc(N(Cc3ccccc3)c3ccccc3)cc2)cc1. The smallest absolute Gasteiger partial charge is 0.0481 e. The van der Waals surface area contributed by atoms with Crippen LogP contribution in [0.5, 0.6) is 0 Å². The minimum absolute atomic E-state index is 0.826. The topological polar surface area (TPSA) is 15.3 Å². The van der Waals surface area contributed by atoms with Gasteiger partial charge >= 0.3 is 0 Å². The highest BCUT2D eigenvalue weighted by molar-refractivity contribution is 5.65. The Morgan fingerprint density at radius 1 is 0.500 bits per heavy atom. The van der Waals surface area contributed by atoms with Gasteiger partial charge in [-0.05, 0) is 47.5 Å². The molecule has 2 heteroatoms. The fraction of sp³-hybridized carbons (Fsp3) is 0.0769. The summed E-state index contributed by atoms with van der Waals surface area (Å²) >= 11 is 0. The average molecular weight is 364 g/mol. The summed E-state index contributed by atoms with van der Waals surface area (Å²) in [6.07, 6.45) is 0. The van der Waals surface area contributed by atoms with E-state index in [1.54, 1.807) is 0 Å². The first kappa shape index (κ1) is 17.9. The highest BCUT2D eigenvalue weighted by atomic mass is 15.1. The van der Waals surface area contributed by atoms with Gasteiger partial charge in [0, 0.05) is 30.2 Å². The normalized spacial score (nSPS) is 10.4. The largest absolute Gasteiger partial charge is 0.381 e. The molecule has 0 amide bonds. The number of hydrogen-bond acceptors (Lipinski definition) is 2. The fourth-order valence-corrected chi connectivity index (χ4v) is 3.26. The van der Waals surface area contributed by atoms with Crippen molar-refractivity contribution < 1.29 is 0 Å². The van der Waals surface area contributed by atoms with Gasteiger partial charge in [-0.3, -0.25) is 0 Å². The third-order valence-electron chi connectivity index (χ3n) is 4.77. The van der Waals surface area contributed by atoms with E-state index in [-0.39, 0.29) is 0 Å². The molecule has 4 rings (SSSR count). The second-order valence-corrected chi connectivity index (χ2v) is 6.79. The van der Waals surface area contributed by atoms with E-state index in [4.69, 9.17) is 0 Å². The summed E-state index contributed by atoms with van der Waals surface area (Å²) in [5.74, 6) is 0. The van der Waals surface area contributed by atoms with Gasteiger partial charge in [0.25, 0.3) is 0 Å². The number of anilines is 3. The molecule has 0 aromatic heterocycles. The average Bonchev–Trinajstić information content (AvgIpc) is 2.78. The van der Waals surface area contributed by atoms with E-state index in [1.807, 2.05) is 6.07 Å². The number of rotatable bonds is 7. The molecule has 0 radical (unpaired) electrons. The zero-order chi connectivity index (χ0) is 19.0. The van der Waals surface area contributed by atoms with Crippen LogP contribution in [0.15, 0.2) is 115 Å². The maximum Gasteiger partial charge on any atom is 0.0481 e. The van der Waals surface area contributed by atoms with E-state index in [0.29, 0.717) is 0 Å². The van der Waals surface area contributed by atoms with Crippen LogP contribution < -0.4 is 10.2 Å². The molecule has 0 bridgehead atoms. The Hall–Kier alpha value is -3.52. The summed E-state index contributed by atoms with van der Waals surface area (Å²) in [4.78, 5) is 2.34. The van der Waals surface area contributed by atoms with Gasteiger partial charge in [0.2, 0.25) is 0 Å². The highest BCUT2D eigenvalue weighted by Crippen LogP contribution is 2.28. The number of hydrogen-bond donors (Lipinski definition) is 1. The minimum Gasteiger partial charge on any atom is -0.381 e. The van der Waals surface area contributed by atoms with Crippen LogP contribution in [0.4, 0.5) is 17.1 Å². The van der Waals surface area contributed by atoms with E-state index >= 15 is 0 Å². The van der Waals surface area contributed by atoms with Crippen molar-refractivity contribution in [1.82, 2.24) is 0 Å². The summed E-state index contributed by atoms with van der Waals surface area (Å²) < 4.78 is 0. The van der Waals surface area contributed by atoms with Crippen LogP contribution in [-0.2, 0) is 13.1 Å². The molecule has 0 saturated carbocycles. The lowest BCUT2D eigenvalue weighted by atomic mass is 10.1. The number of nitrogens with one attached hydrogen (secondary N) is 1. The van der Waals surface area contributed by atoms with E-state index in [9.17, 15) is 0 Å². The third-order valence-corrected chi connectivity index (χ3v) is 4.77. The second-order valence-electron chi connectivity index (χ2n) is 6.79. The number of nitrogens with zero attached hydrogens (tertiary/aromatic N) is 1. The summed E-state index contributed by atoms with van der Waals surface area (Å²) in [7, 11) is 0. The van der Waals surface area contributed by atoms with Crippen molar-refractivity contribution in [2.75, 3.05) is 10.2 Å². The van der Waals surface area contributed by atoms with Crippen LogP contribution in [0, 0.1) is 0 Å². The van der Waals surface area contributed by atoms with Crippen LogP contribution in [0.1, 0.15) is 11.1 Å². The lowest BCUT2D eigenvalue weighted by Gasteiger charge is -2.25. The van der Waals surface area contributed by atoms with Crippen molar-refractivity contribution >= 4 is 17.1 Å². The Morgan fingerprint density at radius 3 is 1.61 bits per heavy atom. The molecule has 0 spiro atoms. The maximum absolute atomic E-state index is 3.50. The summed E-state index contributed by atoms with van der Waals surface area (Å²) in [6.45, 7) is 1.66. The first-order chi connectivity index (χ1) is 13.9. The van der Waals surface area contributed by atoms with Gasteiger partial charge in [0.05, 0.1) is 0 Å². The van der Waals surface area contributed by atoms with E-state index in [0.717, 1.165) is 18.8 Å². The zero-order valence-corrected chi connectivity index (χ0v) is 15.8. The van der Waals surface area contributed by atoms with Crippen molar-refractivity contribution in [3.63, 3.8) is 0 Å². The first-order valence-electron chi connectivity index (χ1n) is 9.63. The van der Waals surface area contributed by atoms with Gasteiger partial charge in [-0.2, -0.15) is 0 Å². The van der Waals surface area contributed by atoms with Crippen LogP contribution >= 0.6 is 0 Å². The van der Waals surface area contributed by atoms with E-state index < -0.39 is 0 Å². The van der Waals surface area contributed by atoms with Gasteiger partial charge < -0.3 is 10.2 Å². The fourth-order valence-electron chi connectivity index (χ4n) is 3.26. The van der Waals surface area contributed by atoms with Crippen molar-refractivity contribution in [2.45, 2.75) is 13.1 Å². The lowest BCUT2D eigenvalue weighted by molar-refractivity contribution is 0.975. The molecule has 4 aromatic rings. The predicted octanol–water partition coefficient (Wildman–Crippen LogP) is 6.64. The van der Waals surface area contributed by atoms with Gasteiger partial charge in [-0.25, -0.2) is 0 Å². The van der Waals surface area contributed by atoms with Crippen LogP contribution in [-0.4, -0.2) is 0 Å². The molecule has 138 valence electrons. The Balaban J connectivity index is 1.53. The molecule has 1 N–H and O–H groups in total. The molecule has 2 nitrogen and oxygen atoms in total. The Morgan fingerprint density at radius 2 is 1.00 bits per heavy atom. The molecule has 0 unspecified atom stereocenters. The summed E-state index contributed by atoms with van der Waals surface area (Å²) in [5, 5.41) is 3.50. The molecule has 0 aliphatic carbocycles. The Kier molecular flexibility index (Phi) is 5.69. The second kappa shape index (κ2) is 8.92. The monoisotopic (exact) mass is 364 g/mol. The molecule has 0 saturated heterocycles.